The fourth-order valence-electron chi connectivity index (χ4n) is 2.14. The smallest absolute Gasteiger partial charge is 0.0826 e. The third kappa shape index (κ3) is 2.93. The second-order valence-corrected chi connectivity index (χ2v) is 4.06. The summed E-state index contributed by atoms with van der Waals surface area (Å²) in [5, 5.41) is 3.42. The topological polar surface area (TPSA) is 24.5 Å². The average molecular weight is 184 g/mol. The van der Waals surface area contributed by atoms with Crippen LogP contribution in [0.15, 0.2) is 0 Å². The van der Waals surface area contributed by atoms with Gasteiger partial charge in [0, 0.05) is 19.7 Å². The molecule has 1 atom stereocenters. The monoisotopic (exact) mass is 184 g/mol. The van der Waals surface area contributed by atoms with E-state index in [1.165, 1.54) is 25.9 Å². The molecule has 2 aliphatic rings. The fourth-order valence-corrected chi connectivity index (χ4v) is 2.14. The van der Waals surface area contributed by atoms with Crippen LogP contribution >= 0.6 is 0 Å². The standard InChI is InChI=1S/C10H20N2O/c1-2-6-12(5-1)9-10-8-11-4-3-7-13-10/h10-11H,1-9H2/t10-/m1/s1. The number of rotatable bonds is 2. The summed E-state index contributed by atoms with van der Waals surface area (Å²) in [6.07, 6.45) is 4.34. The van der Waals surface area contributed by atoms with Gasteiger partial charge in [-0.3, -0.25) is 0 Å². The van der Waals surface area contributed by atoms with Gasteiger partial charge < -0.3 is 15.0 Å². The zero-order chi connectivity index (χ0) is 8.93. The molecule has 3 heteroatoms. The van der Waals surface area contributed by atoms with E-state index < -0.39 is 0 Å². The van der Waals surface area contributed by atoms with Crippen LogP contribution in [0.25, 0.3) is 0 Å². The molecule has 0 radical (unpaired) electrons. The van der Waals surface area contributed by atoms with E-state index in [0.717, 1.165) is 32.7 Å². The number of hydrogen-bond donors (Lipinski definition) is 1. The van der Waals surface area contributed by atoms with Crippen molar-refractivity contribution in [3.8, 4) is 0 Å². The predicted molar refractivity (Wildman–Crippen MR) is 52.9 cm³/mol. The zero-order valence-electron chi connectivity index (χ0n) is 8.30. The molecule has 2 heterocycles. The van der Waals surface area contributed by atoms with Crippen LogP contribution in [0.2, 0.25) is 0 Å². The molecule has 2 saturated heterocycles. The van der Waals surface area contributed by atoms with Crippen LogP contribution in [0.1, 0.15) is 19.3 Å². The third-order valence-electron chi connectivity index (χ3n) is 2.88. The van der Waals surface area contributed by atoms with Gasteiger partial charge in [0.2, 0.25) is 0 Å². The zero-order valence-corrected chi connectivity index (χ0v) is 8.30. The molecule has 2 rings (SSSR count). The van der Waals surface area contributed by atoms with Crippen LogP contribution in [0.3, 0.4) is 0 Å². The van der Waals surface area contributed by atoms with E-state index in [1.807, 2.05) is 0 Å². The van der Waals surface area contributed by atoms with E-state index >= 15 is 0 Å². The van der Waals surface area contributed by atoms with Gasteiger partial charge in [0.05, 0.1) is 6.10 Å². The van der Waals surface area contributed by atoms with Crippen LogP contribution in [0.5, 0.6) is 0 Å². The molecule has 0 aliphatic carbocycles. The summed E-state index contributed by atoms with van der Waals surface area (Å²) in [6.45, 7) is 6.78. The lowest BCUT2D eigenvalue weighted by atomic mass is 10.3. The van der Waals surface area contributed by atoms with Crippen LogP contribution in [0.4, 0.5) is 0 Å². The molecule has 0 spiro atoms. The Hall–Kier alpha value is -0.120. The Kier molecular flexibility index (Phi) is 3.58. The lowest BCUT2D eigenvalue weighted by molar-refractivity contribution is 0.0434. The van der Waals surface area contributed by atoms with Crippen molar-refractivity contribution >= 4 is 0 Å². The summed E-state index contributed by atoms with van der Waals surface area (Å²) in [4.78, 5) is 2.53. The van der Waals surface area contributed by atoms with Crippen molar-refractivity contribution in [1.82, 2.24) is 10.2 Å². The van der Waals surface area contributed by atoms with Gasteiger partial charge >= 0.3 is 0 Å². The molecule has 0 aromatic heterocycles. The number of hydrogen-bond acceptors (Lipinski definition) is 3. The molecule has 0 aromatic rings. The van der Waals surface area contributed by atoms with E-state index in [0.29, 0.717) is 6.10 Å². The highest BCUT2D eigenvalue weighted by molar-refractivity contribution is 4.74. The van der Waals surface area contributed by atoms with Gasteiger partial charge in [-0.15, -0.1) is 0 Å². The normalized spacial score (nSPS) is 31.8. The Morgan fingerprint density at radius 3 is 2.92 bits per heavy atom. The highest BCUT2D eigenvalue weighted by Crippen LogP contribution is 2.09. The Balaban J connectivity index is 1.71. The molecule has 76 valence electrons. The van der Waals surface area contributed by atoms with E-state index in [4.69, 9.17) is 4.74 Å². The minimum atomic E-state index is 0.431. The first kappa shape index (κ1) is 9.44. The minimum Gasteiger partial charge on any atom is -0.376 e. The highest BCUT2D eigenvalue weighted by Gasteiger charge is 2.18. The maximum atomic E-state index is 5.76. The summed E-state index contributed by atoms with van der Waals surface area (Å²) in [6, 6.07) is 0. The van der Waals surface area contributed by atoms with E-state index in [2.05, 4.69) is 10.2 Å². The molecular formula is C10H20N2O. The summed E-state index contributed by atoms with van der Waals surface area (Å²) in [7, 11) is 0. The molecule has 3 nitrogen and oxygen atoms in total. The third-order valence-corrected chi connectivity index (χ3v) is 2.88. The maximum Gasteiger partial charge on any atom is 0.0826 e. The maximum absolute atomic E-state index is 5.76. The van der Waals surface area contributed by atoms with Gasteiger partial charge in [-0.1, -0.05) is 0 Å². The molecule has 13 heavy (non-hydrogen) atoms. The van der Waals surface area contributed by atoms with Crippen molar-refractivity contribution < 1.29 is 4.74 Å². The van der Waals surface area contributed by atoms with Gasteiger partial charge in [0.1, 0.15) is 0 Å². The molecule has 0 aromatic carbocycles. The van der Waals surface area contributed by atoms with Gasteiger partial charge in [0.15, 0.2) is 0 Å². The Morgan fingerprint density at radius 1 is 1.23 bits per heavy atom. The lowest BCUT2D eigenvalue weighted by Gasteiger charge is -2.21. The van der Waals surface area contributed by atoms with Crippen LogP contribution < -0.4 is 5.32 Å². The average Bonchev–Trinajstić information content (AvgIpc) is 2.49. The van der Waals surface area contributed by atoms with Gasteiger partial charge in [-0.05, 0) is 38.9 Å². The van der Waals surface area contributed by atoms with Gasteiger partial charge in [-0.2, -0.15) is 0 Å². The first-order valence-electron chi connectivity index (χ1n) is 5.50. The van der Waals surface area contributed by atoms with Crippen molar-refractivity contribution in [2.24, 2.45) is 0 Å². The SMILES string of the molecule is C1CNC[C@H](CN2CCCC2)OC1. The molecule has 1 N–H and O–H groups in total. The first-order valence-corrected chi connectivity index (χ1v) is 5.50. The molecule has 2 aliphatic heterocycles. The fraction of sp³-hybridized carbons (Fsp3) is 1.00. The molecule has 0 bridgehead atoms. The Bertz CT molecular complexity index is 138. The predicted octanol–water partition coefficient (Wildman–Crippen LogP) is 0.461. The van der Waals surface area contributed by atoms with Crippen LogP contribution in [-0.2, 0) is 4.74 Å². The lowest BCUT2D eigenvalue weighted by Crippen LogP contribution is -2.37. The van der Waals surface area contributed by atoms with Crippen molar-refractivity contribution in [1.29, 1.82) is 0 Å². The highest BCUT2D eigenvalue weighted by atomic mass is 16.5. The second-order valence-electron chi connectivity index (χ2n) is 4.06. The molecule has 0 unspecified atom stereocenters. The summed E-state index contributed by atoms with van der Waals surface area (Å²) < 4.78 is 5.76. The van der Waals surface area contributed by atoms with Gasteiger partial charge in [-0.25, -0.2) is 0 Å². The minimum absolute atomic E-state index is 0.431. The summed E-state index contributed by atoms with van der Waals surface area (Å²) in [5.41, 5.74) is 0. The van der Waals surface area contributed by atoms with Crippen LogP contribution in [0, 0.1) is 0 Å². The van der Waals surface area contributed by atoms with Crippen LogP contribution in [-0.4, -0.2) is 50.3 Å². The van der Waals surface area contributed by atoms with Gasteiger partial charge in [0.25, 0.3) is 0 Å². The summed E-state index contributed by atoms with van der Waals surface area (Å²) >= 11 is 0. The number of ether oxygens (including phenoxy) is 1. The van der Waals surface area contributed by atoms with E-state index in [9.17, 15) is 0 Å². The second kappa shape index (κ2) is 4.94. The molecular weight excluding hydrogens is 164 g/mol. The van der Waals surface area contributed by atoms with E-state index in [-0.39, 0.29) is 0 Å². The molecule has 2 fully saturated rings. The Morgan fingerprint density at radius 2 is 2.08 bits per heavy atom. The Labute approximate surface area is 80.4 Å². The number of nitrogens with zero attached hydrogens (tertiary/aromatic N) is 1. The number of likely N-dealkylation sites (tertiary alicyclic amines) is 1. The number of nitrogens with one attached hydrogen (secondary N) is 1. The first-order chi connectivity index (χ1) is 6.45. The summed E-state index contributed by atoms with van der Waals surface area (Å²) in [5.74, 6) is 0. The van der Waals surface area contributed by atoms with Crippen molar-refractivity contribution in [3.63, 3.8) is 0 Å². The van der Waals surface area contributed by atoms with Crippen molar-refractivity contribution in [2.45, 2.75) is 25.4 Å². The quantitative estimate of drug-likeness (QED) is 0.675. The van der Waals surface area contributed by atoms with Crippen molar-refractivity contribution in [2.75, 3.05) is 39.3 Å². The van der Waals surface area contributed by atoms with Crippen molar-refractivity contribution in [3.05, 3.63) is 0 Å². The molecule has 0 saturated carbocycles. The largest absolute Gasteiger partial charge is 0.376 e. The van der Waals surface area contributed by atoms with E-state index in [1.54, 1.807) is 0 Å². The molecule has 0 amide bonds.